The Morgan fingerprint density at radius 2 is 1.36 bits per heavy atom. The van der Waals surface area contributed by atoms with Gasteiger partial charge in [-0.05, 0) is 60.5 Å². The van der Waals surface area contributed by atoms with Gasteiger partial charge in [-0.3, -0.25) is 4.68 Å². The fourth-order valence-electron chi connectivity index (χ4n) is 3.37. The van der Waals surface area contributed by atoms with E-state index < -0.39 is 0 Å². The Hall–Kier alpha value is -3.21. The van der Waals surface area contributed by atoms with Crippen molar-refractivity contribution in [3.8, 4) is 0 Å². The number of anilines is 1. The van der Waals surface area contributed by atoms with Crippen molar-refractivity contribution < 1.29 is 8.78 Å². The first kappa shape index (κ1) is 18.2. The zero-order valence-electron chi connectivity index (χ0n) is 15.9. The van der Waals surface area contributed by atoms with Crippen molar-refractivity contribution >= 4 is 16.6 Å². The molecule has 0 bridgehead atoms. The van der Waals surface area contributed by atoms with E-state index in [4.69, 9.17) is 0 Å². The second-order valence-corrected chi connectivity index (χ2v) is 7.02. The average molecular weight is 377 g/mol. The van der Waals surface area contributed by atoms with Gasteiger partial charge in [-0.15, -0.1) is 0 Å². The van der Waals surface area contributed by atoms with E-state index in [2.05, 4.69) is 16.1 Å². The molecule has 3 nitrogen and oxygen atoms in total. The molecule has 0 aliphatic carbocycles. The zero-order chi connectivity index (χ0) is 19.7. The molecule has 1 heterocycles. The zero-order valence-corrected chi connectivity index (χ0v) is 15.9. The summed E-state index contributed by atoms with van der Waals surface area (Å²) in [6, 6.07) is 19.2. The highest BCUT2D eigenvalue weighted by molar-refractivity contribution is 5.85. The first-order chi connectivity index (χ1) is 13.5. The fraction of sp³-hybridized carbons (Fsp3) is 0.174. The van der Waals surface area contributed by atoms with E-state index in [1.165, 1.54) is 24.3 Å². The van der Waals surface area contributed by atoms with Gasteiger partial charge in [0, 0.05) is 36.9 Å². The number of aryl methyl sites for hydroxylation is 2. The Bertz CT molecular complexity index is 1050. The van der Waals surface area contributed by atoms with Crippen molar-refractivity contribution in [3.63, 3.8) is 0 Å². The van der Waals surface area contributed by atoms with Crippen LogP contribution in [-0.2, 0) is 20.1 Å². The molecule has 3 aromatic carbocycles. The van der Waals surface area contributed by atoms with E-state index in [1.54, 1.807) is 24.3 Å². The monoisotopic (exact) mass is 377 g/mol. The minimum atomic E-state index is -0.249. The molecular weight excluding hydrogens is 356 g/mol. The fourth-order valence-corrected chi connectivity index (χ4v) is 3.37. The highest BCUT2D eigenvalue weighted by atomic mass is 19.1. The minimum Gasteiger partial charge on any atom is -0.363 e. The van der Waals surface area contributed by atoms with E-state index in [9.17, 15) is 8.78 Å². The van der Waals surface area contributed by atoms with Crippen LogP contribution in [0.1, 0.15) is 16.8 Å². The summed E-state index contributed by atoms with van der Waals surface area (Å²) in [5.41, 5.74) is 5.10. The summed E-state index contributed by atoms with van der Waals surface area (Å²) in [5, 5.41) is 5.62. The van der Waals surface area contributed by atoms with Gasteiger partial charge in [0.25, 0.3) is 0 Å². The molecule has 0 amide bonds. The number of hydrogen-bond acceptors (Lipinski definition) is 2. The highest BCUT2D eigenvalue weighted by Gasteiger charge is 2.12. The van der Waals surface area contributed by atoms with Crippen LogP contribution in [0, 0.1) is 18.6 Å². The normalized spacial score (nSPS) is 11.1. The second kappa shape index (κ2) is 7.43. The number of halogens is 2. The summed E-state index contributed by atoms with van der Waals surface area (Å²) in [6.07, 6.45) is 0. The number of rotatable bonds is 5. The van der Waals surface area contributed by atoms with Gasteiger partial charge in [-0.1, -0.05) is 24.3 Å². The lowest BCUT2D eigenvalue weighted by atomic mass is 10.1. The van der Waals surface area contributed by atoms with Crippen LogP contribution in [0.2, 0.25) is 0 Å². The molecule has 0 fully saturated rings. The third-order valence-electron chi connectivity index (χ3n) is 5.05. The Balaban J connectivity index is 1.71. The smallest absolute Gasteiger partial charge is 0.123 e. The predicted molar refractivity (Wildman–Crippen MR) is 108 cm³/mol. The Kier molecular flexibility index (Phi) is 4.82. The lowest BCUT2D eigenvalue weighted by Gasteiger charge is -2.25. The standard InChI is InChI=1S/C23H21F2N3/c1-16-22-13-21(11-12-23(22)26-27(16)2)28(14-17-3-7-19(24)8-4-17)15-18-5-9-20(25)10-6-18/h3-13H,14-15H2,1-2H3. The maximum absolute atomic E-state index is 13.3. The van der Waals surface area contributed by atoms with Crippen LogP contribution in [0.4, 0.5) is 14.5 Å². The molecule has 4 rings (SSSR count). The van der Waals surface area contributed by atoms with E-state index >= 15 is 0 Å². The van der Waals surface area contributed by atoms with Crippen molar-refractivity contribution in [1.29, 1.82) is 0 Å². The van der Waals surface area contributed by atoms with Crippen LogP contribution < -0.4 is 4.90 Å². The number of hydrogen-bond donors (Lipinski definition) is 0. The Morgan fingerprint density at radius 3 is 1.89 bits per heavy atom. The molecule has 5 heteroatoms. The third-order valence-corrected chi connectivity index (χ3v) is 5.05. The van der Waals surface area contributed by atoms with Crippen molar-refractivity contribution in [2.75, 3.05) is 4.90 Å². The molecule has 0 spiro atoms. The Labute approximate surface area is 162 Å². The third kappa shape index (κ3) is 3.74. The summed E-state index contributed by atoms with van der Waals surface area (Å²) in [4.78, 5) is 2.20. The molecular formula is C23H21F2N3. The molecule has 0 unspecified atom stereocenters. The first-order valence-electron chi connectivity index (χ1n) is 9.17. The molecule has 0 radical (unpaired) electrons. The molecule has 142 valence electrons. The quantitative estimate of drug-likeness (QED) is 0.466. The van der Waals surface area contributed by atoms with Gasteiger partial charge >= 0.3 is 0 Å². The van der Waals surface area contributed by atoms with Crippen molar-refractivity contribution in [2.45, 2.75) is 20.0 Å². The summed E-state index contributed by atoms with van der Waals surface area (Å²) in [5.74, 6) is -0.498. The summed E-state index contributed by atoms with van der Waals surface area (Å²) >= 11 is 0. The van der Waals surface area contributed by atoms with Crippen molar-refractivity contribution in [3.05, 3.63) is 95.2 Å². The van der Waals surface area contributed by atoms with Gasteiger partial charge < -0.3 is 4.90 Å². The van der Waals surface area contributed by atoms with E-state index in [0.717, 1.165) is 33.4 Å². The topological polar surface area (TPSA) is 21.1 Å². The molecule has 0 saturated carbocycles. The molecule has 28 heavy (non-hydrogen) atoms. The molecule has 0 saturated heterocycles. The average Bonchev–Trinajstić information content (AvgIpc) is 2.98. The van der Waals surface area contributed by atoms with Crippen LogP contribution in [0.3, 0.4) is 0 Å². The number of fused-ring (bicyclic) bond motifs is 1. The largest absolute Gasteiger partial charge is 0.363 e. The molecule has 0 N–H and O–H groups in total. The van der Waals surface area contributed by atoms with Crippen LogP contribution in [0.5, 0.6) is 0 Å². The lowest BCUT2D eigenvalue weighted by Crippen LogP contribution is -2.22. The SMILES string of the molecule is Cc1c2cc(N(Cc3ccc(F)cc3)Cc3ccc(F)cc3)ccc2nn1C. The predicted octanol–water partition coefficient (Wildman–Crippen LogP) is 5.37. The number of nitrogens with zero attached hydrogens (tertiary/aromatic N) is 3. The van der Waals surface area contributed by atoms with Gasteiger partial charge in [0.2, 0.25) is 0 Å². The number of benzene rings is 3. The van der Waals surface area contributed by atoms with Gasteiger partial charge in [0.05, 0.1) is 5.52 Å². The van der Waals surface area contributed by atoms with E-state index in [-0.39, 0.29) is 11.6 Å². The van der Waals surface area contributed by atoms with Crippen LogP contribution in [0.15, 0.2) is 66.7 Å². The van der Waals surface area contributed by atoms with E-state index in [1.807, 2.05) is 30.8 Å². The van der Waals surface area contributed by atoms with E-state index in [0.29, 0.717) is 13.1 Å². The van der Waals surface area contributed by atoms with Gasteiger partial charge in [0.15, 0.2) is 0 Å². The van der Waals surface area contributed by atoms with Gasteiger partial charge in [0.1, 0.15) is 11.6 Å². The van der Waals surface area contributed by atoms with Crippen molar-refractivity contribution in [1.82, 2.24) is 9.78 Å². The molecule has 0 atom stereocenters. The summed E-state index contributed by atoms with van der Waals surface area (Å²) in [7, 11) is 1.93. The second-order valence-electron chi connectivity index (χ2n) is 7.02. The van der Waals surface area contributed by atoms with Gasteiger partial charge in [-0.2, -0.15) is 5.10 Å². The van der Waals surface area contributed by atoms with Gasteiger partial charge in [-0.25, -0.2) is 8.78 Å². The van der Waals surface area contributed by atoms with Crippen LogP contribution in [0.25, 0.3) is 10.9 Å². The Morgan fingerprint density at radius 1 is 0.821 bits per heavy atom. The van der Waals surface area contributed by atoms with Crippen molar-refractivity contribution in [2.24, 2.45) is 7.05 Å². The lowest BCUT2D eigenvalue weighted by molar-refractivity contribution is 0.626. The number of aromatic nitrogens is 2. The maximum atomic E-state index is 13.3. The minimum absolute atomic E-state index is 0.249. The molecule has 1 aromatic heterocycles. The van der Waals surface area contributed by atoms with Crippen LogP contribution in [-0.4, -0.2) is 9.78 Å². The summed E-state index contributed by atoms with van der Waals surface area (Å²) in [6.45, 7) is 3.27. The molecule has 0 aliphatic heterocycles. The molecule has 0 aliphatic rings. The molecule has 4 aromatic rings. The maximum Gasteiger partial charge on any atom is 0.123 e. The summed E-state index contributed by atoms with van der Waals surface area (Å²) < 4.78 is 28.5. The van der Waals surface area contributed by atoms with Crippen LogP contribution >= 0.6 is 0 Å². The highest BCUT2D eigenvalue weighted by Crippen LogP contribution is 2.27. The first-order valence-corrected chi connectivity index (χ1v) is 9.17.